The van der Waals surface area contributed by atoms with Gasteiger partial charge >= 0.3 is 0 Å². The average Bonchev–Trinajstić information content (AvgIpc) is 2.31. The van der Waals surface area contributed by atoms with Crippen molar-refractivity contribution in [3.8, 4) is 0 Å². The average molecular weight is 201 g/mol. The van der Waals surface area contributed by atoms with E-state index in [4.69, 9.17) is 27.6 Å². The molecule has 0 spiro atoms. The van der Waals surface area contributed by atoms with Crippen molar-refractivity contribution in [2.75, 3.05) is 0 Å². The Kier molecular flexibility index (Phi) is 1.78. The maximum absolute atomic E-state index is 5.96. The van der Waals surface area contributed by atoms with E-state index >= 15 is 0 Å². The molecule has 2 rings (SSSR count). The highest BCUT2D eigenvalue weighted by Gasteiger charge is 2.07. The molecular formula is C9H6Cl2O. The number of hydrogen-bond acceptors (Lipinski definition) is 1. The SMILES string of the molecule is Cc1oc2ccc(Cl)cc2c1Cl. The Bertz CT molecular complexity index is 431. The van der Waals surface area contributed by atoms with E-state index in [-0.39, 0.29) is 0 Å². The molecule has 0 N–H and O–H groups in total. The van der Waals surface area contributed by atoms with Crippen molar-refractivity contribution in [3.05, 3.63) is 34.0 Å². The lowest BCUT2D eigenvalue weighted by molar-refractivity contribution is 0.579. The van der Waals surface area contributed by atoms with Gasteiger partial charge < -0.3 is 4.42 Å². The van der Waals surface area contributed by atoms with Gasteiger partial charge in [0.2, 0.25) is 0 Å². The van der Waals surface area contributed by atoms with Crippen molar-refractivity contribution in [3.63, 3.8) is 0 Å². The third-order valence-corrected chi connectivity index (χ3v) is 2.46. The zero-order valence-corrected chi connectivity index (χ0v) is 7.91. The van der Waals surface area contributed by atoms with Crippen LogP contribution in [0.5, 0.6) is 0 Å². The topological polar surface area (TPSA) is 13.1 Å². The summed E-state index contributed by atoms with van der Waals surface area (Å²) in [7, 11) is 0. The number of aryl methyl sites for hydroxylation is 1. The van der Waals surface area contributed by atoms with Gasteiger partial charge in [-0.2, -0.15) is 0 Å². The second-order valence-corrected chi connectivity index (χ2v) is 3.43. The van der Waals surface area contributed by atoms with Crippen LogP contribution in [0.4, 0.5) is 0 Å². The molecule has 3 heteroatoms. The van der Waals surface area contributed by atoms with Crippen molar-refractivity contribution < 1.29 is 4.42 Å². The lowest BCUT2D eigenvalue weighted by Gasteiger charge is -1.88. The smallest absolute Gasteiger partial charge is 0.135 e. The van der Waals surface area contributed by atoms with Crippen LogP contribution >= 0.6 is 23.2 Å². The van der Waals surface area contributed by atoms with Crippen molar-refractivity contribution in [2.45, 2.75) is 6.92 Å². The van der Waals surface area contributed by atoms with Gasteiger partial charge in [0.15, 0.2) is 0 Å². The number of fused-ring (bicyclic) bond motifs is 1. The molecule has 1 heterocycles. The first kappa shape index (κ1) is 7.96. The molecule has 12 heavy (non-hydrogen) atoms. The zero-order chi connectivity index (χ0) is 8.72. The summed E-state index contributed by atoms with van der Waals surface area (Å²) >= 11 is 11.8. The number of furan rings is 1. The highest BCUT2D eigenvalue weighted by atomic mass is 35.5. The quantitative estimate of drug-likeness (QED) is 0.626. The molecule has 2 aromatic rings. The normalized spacial score (nSPS) is 10.9. The summed E-state index contributed by atoms with van der Waals surface area (Å²) < 4.78 is 5.36. The Morgan fingerprint density at radius 3 is 2.75 bits per heavy atom. The Morgan fingerprint density at radius 2 is 2.00 bits per heavy atom. The predicted molar refractivity (Wildman–Crippen MR) is 51.0 cm³/mol. The first-order valence-corrected chi connectivity index (χ1v) is 4.28. The minimum Gasteiger partial charge on any atom is -0.460 e. The molecule has 0 saturated heterocycles. The highest BCUT2D eigenvalue weighted by Crippen LogP contribution is 2.31. The van der Waals surface area contributed by atoms with Gasteiger partial charge in [0.05, 0.1) is 5.02 Å². The second-order valence-electron chi connectivity index (χ2n) is 2.61. The summed E-state index contributed by atoms with van der Waals surface area (Å²) in [5.41, 5.74) is 0.780. The maximum Gasteiger partial charge on any atom is 0.135 e. The van der Waals surface area contributed by atoms with E-state index < -0.39 is 0 Å². The van der Waals surface area contributed by atoms with Gasteiger partial charge in [-0.1, -0.05) is 23.2 Å². The Hall–Kier alpha value is -0.660. The monoisotopic (exact) mass is 200 g/mol. The first-order chi connectivity index (χ1) is 5.68. The van der Waals surface area contributed by atoms with Crippen LogP contribution in [0.25, 0.3) is 11.0 Å². The van der Waals surface area contributed by atoms with E-state index in [1.807, 2.05) is 13.0 Å². The molecule has 1 aromatic heterocycles. The molecule has 0 unspecified atom stereocenters. The Labute approximate surface area is 79.9 Å². The summed E-state index contributed by atoms with van der Waals surface area (Å²) in [6.07, 6.45) is 0. The van der Waals surface area contributed by atoms with Crippen molar-refractivity contribution in [1.29, 1.82) is 0 Å². The van der Waals surface area contributed by atoms with Crippen LogP contribution in [0.15, 0.2) is 22.6 Å². The molecule has 0 aliphatic rings. The van der Waals surface area contributed by atoms with Crippen molar-refractivity contribution in [1.82, 2.24) is 0 Å². The van der Waals surface area contributed by atoms with Gasteiger partial charge in [-0.3, -0.25) is 0 Å². The van der Waals surface area contributed by atoms with Gasteiger partial charge in [0.25, 0.3) is 0 Å². The Balaban J connectivity index is 2.88. The molecule has 0 aliphatic heterocycles. The largest absolute Gasteiger partial charge is 0.460 e. The predicted octanol–water partition coefficient (Wildman–Crippen LogP) is 4.05. The van der Waals surface area contributed by atoms with E-state index in [1.54, 1.807) is 12.1 Å². The van der Waals surface area contributed by atoms with Gasteiger partial charge in [-0.05, 0) is 25.1 Å². The van der Waals surface area contributed by atoms with Crippen LogP contribution in [0.2, 0.25) is 10.0 Å². The maximum atomic E-state index is 5.96. The molecular weight excluding hydrogens is 195 g/mol. The third kappa shape index (κ3) is 1.10. The summed E-state index contributed by atoms with van der Waals surface area (Å²) in [4.78, 5) is 0. The molecule has 0 atom stereocenters. The van der Waals surface area contributed by atoms with Gasteiger partial charge in [-0.25, -0.2) is 0 Å². The van der Waals surface area contributed by atoms with Gasteiger partial charge in [-0.15, -0.1) is 0 Å². The molecule has 62 valence electrons. The van der Waals surface area contributed by atoms with Gasteiger partial charge in [0, 0.05) is 10.4 Å². The van der Waals surface area contributed by atoms with E-state index in [0.29, 0.717) is 10.0 Å². The minimum atomic E-state index is 0.646. The zero-order valence-electron chi connectivity index (χ0n) is 6.40. The van der Waals surface area contributed by atoms with Crippen molar-refractivity contribution >= 4 is 34.2 Å². The van der Waals surface area contributed by atoms with E-state index in [2.05, 4.69) is 0 Å². The van der Waals surface area contributed by atoms with E-state index in [9.17, 15) is 0 Å². The third-order valence-electron chi connectivity index (χ3n) is 1.75. The summed E-state index contributed by atoms with van der Waals surface area (Å²) in [6.45, 7) is 1.83. The van der Waals surface area contributed by atoms with Crippen LogP contribution in [0, 0.1) is 6.92 Å². The van der Waals surface area contributed by atoms with Crippen LogP contribution in [-0.2, 0) is 0 Å². The van der Waals surface area contributed by atoms with Crippen LogP contribution in [-0.4, -0.2) is 0 Å². The Morgan fingerprint density at radius 1 is 1.25 bits per heavy atom. The van der Waals surface area contributed by atoms with Crippen LogP contribution < -0.4 is 0 Å². The van der Waals surface area contributed by atoms with Crippen LogP contribution in [0.1, 0.15) is 5.76 Å². The second kappa shape index (κ2) is 2.68. The molecule has 0 amide bonds. The fraction of sp³-hybridized carbons (Fsp3) is 0.111. The molecule has 0 fully saturated rings. The van der Waals surface area contributed by atoms with Crippen molar-refractivity contribution in [2.24, 2.45) is 0 Å². The first-order valence-electron chi connectivity index (χ1n) is 3.52. The lowest BCUT2D eigenvalue weighted by atomic mass is 10.2. The molecule has 0 saturated carbocycles. The number of benzene rings is 1. The molecule has 0 radical (unpaired) electrons. The standard InChI is InChI=1S/C9H6Cl2O/c1-5-9(11)7-4-6(10)2-3-8(7)12-5/h2-4H,1H3. The number of hydrogen-bond donors (Lipinski definition) is 0. The molecule has 1 aromatic carbocycles. The van der Waals surface area contributed by atoms with E-state index in [0.717, 1.165) is 16.7 Å². The summed E-state index contributed by atoms with van der Waals surface area (Å²) in [6, 6.07) is 5.40. The molecule has 0 aliphatic carbocycles. The number of rotatable bonds is 0. The summed E-state index contributed by atoms with van der Waals surface area (Å²) in [5, 5.41) is 2.19. The fourth-order valence-corrected chi connectivity index (χ4v) is 1.52. The lowest BCUT2D eigenvalue weighted by Crippen LogP contribution is -1.65. The van der Waals surface area contributed by atoms with E-state index in [1.165, 1.54) is 0 Å². The van der Waals surface area contributed by atoms with Gasteiger partial charge in [0.1, 0.15) is 11.3 Å². The summed E-state index contributed by atoms with van der Waals surface area (Å²) in [5.74, 6) is 0.730. The number of halogens is 2. The minimum absolute atomic E-state index is 0.646. The molecule has 0 bridgehead atoms. The van der Waals surface area contributed by atoms with Crippen LogP contribution in [0.3, 0.4) is 0 Å². The highest BCUT2D eigenvalue weighted by molar-refractivity contribution is 6.37. The fourth-order valence-electron chi connectivity index (χ4n) is 1.16. The molecule has 1 nitrogen and oxygen atoms in total.